The molecule has 90 valence electrons. The van der Waals surface area contributed by atoms with E-state index in [1.54, 1.807) is 18.5 Å². The van der Waals surface area contributed by atoms with Crippen LogP contribution in [0.1, 0.15) is 6.92 Å². The molecule has 0 bridgehead atoms. The molecule has 0 N–H and O–H groups in total. The Morgan fingerprint density at radius 2 is 2.00 bits per heavy atom. The summed E-state index contributed by atoms with van der Waals surface area (Å²) in [5.74, 6) is -0.00291. The molecule has 0 aliphatic heterocycles. The van der Waals surface area contributed by atoms with E-state index in [2.05, 4.69) is 10.3 Å². The number of nitrogens with zero attached hydrogens (tertiary/aromatic N) is 4. The molecule has 0 saturated heterocycles. The van der Waals surface area contributed by atoms with Crippen LogP contribution in [0.4, 0.5) is 0 Å². The van der Waals surface area contributed by atoms with Crippen molar-refractivity contribution in [2.75, 3.05) is 0 Å². The molecule has 0 fully saturated rings. The molecule has 0 unspecified atom stereocenters. The number of benzene rings is 1. The van der Waals surface area contributed by atoms with Crippen molar-refractivity contribution in [2.45, 2.75) is 6.92 Å². The van der Waals surface area contributed by atoms with Crippen molar-refractivity contribution in [3.8, 4) is 11.1 Å². The average molecular weight is 240 g/mol. The first kappa shape index (κ1) is 10.7. The highest BCUT2D eigenvalue weighted by molar-refractivity contribution is 5.71. The van der Waals surface area contributed by atoms with E-state index < -0.39 is 0 Å². The third kappa shape index (κ3) is 1.52. The van der Waals surface area contributed by atoms with Gasteiger partial charge in [0, 0.05) is 10.8 Å². The first-order valence-corrected chi connectivity index (χ1v) is 5.66. The average Bonchev–Trinajstić information content (AvgIpc) is 2.85. The number of hydrogen-bond donors (Lipinski definition) is 0. The SMILES string of the molecule is C/C([O-])=c1/c(-c2ccccc2)cn2n[n+](C)nc12. The molecule has 3 rings (SSSR count). The number of aryl methyl sites for hydroxylation is 1. The van der Waals surface area contributed by atoms with E-state index >= 15 is 0 Å². The highest BCUT2D eigenvalue weighted by Crippen LogP contribution is 2.16. The number of rotatable bonds is 1. The van der Waals surface area contributed by atoms with E-state index in [1.165, 1.54) is 4.80 Å². The fourth-order valence-electron chi connectivity index (χ4n) is 2.13. The second-order valence-electron chi connectivity index (χ2n) is 4.19. The topological polar surface area (TPSA) is 57.1 Å². The lowest BCUT2D eigenvalue weighted by atomic mass is 10.1. The Morgan fingerprint density at radius 1 is 1.28 bits per heavy atom. The smallest absolute Gasteiger partial charge is 0.295 e. The molecule has 3 aromatic rings. The van der Waals surface area contributed by atoms with Gasteiger partial charge >= 0.3 is 0 Å². The standard InChI is InChI=1S/C13H12N4O/c1-9(18)12-11(10-6-4-3-5-7-10)8-17-13(12)14-16(2)15-17/h3-8H,1-2H3. The summed E-state index contributed by atoms with van der Waals surface area (Å²) in [6.07, 6.45) is 1.84. The van der Waals surface area contributed by atoms with E-state index in [-0.39, 0.29) is 5.76 Å². The minimum absolute atomic E-state index is 0.00291. The number of fused-ring (bicyclic) bond motifs is 1. The molecular weight excluding hydrogens is 228 g/mol. The van der Waals surface area contributed by atoms with Crippen molar-refractivity contribution in [1.82, 2.24) is 14.8 Å². The van der Waals surface area contributed by atoms with Gasteiger partial charge in [-0.15, -0.1) is 5.76 Å². The zero-order valence-electron chi connectivity index (χ0n) is 10.2. The molecule has 2 aromatic heterocycles. The molecule has 0 spiro atoms. The summed E-state index contributed by atoms with van der Waals surface area (Å²) >= 11 is 0. The normalized spacial score (nSPS) is 13.0. The van der Waals surface area contributed by atoms with Gasteiger partial charge in [0.25, 0.3) is 5.65 Å². The molecule has 2 heterocycles. The van der Waals surface area contributed by atoms with Gasteiger partial charge in [0.2, 0.25) is 0 Å². The van der Waals surface area contributed by atoms with Crippen LogP contribution in [0.25, 0.3) is 22.5 Å². The summed E-state index contributed by atoms with van der Waals surface area (Å²) in [5, 5.41) is 20.9. The fourth-order valence-corrected chi connectivity index (χ4v) is 2.13. The van der Waals surface area contributed by atoms with Gasteiger partial charge in [-0.3, -0.25) is 0 Å². The Bertz CT molecular complexity index is 757. The summed E-state index contributed by atoms with van der Waals surface area (Å²) < 4.78 is 1.64. The third-order valence-corrected chi connectivity index (χ3v) is 2.86. The lowest BCUT2D eigenvalue weighted by Crippen LogP contribution is -2.34. The lowest BCUT2D eigenvalue weighted by Gasteiger charge is -2.03. The number of hydrogen-bond acceptors (Lipinski definition) is 3. The molecule has 5 heteroatoms. The minimum atomic E-state index is -0.00291. The van der Waals surface area contributed by atoms with Gasteiger partial charge in [-0.05, 0) is 15.5 Å². The van der Waals surface area contributed by atoms with Crippen LogP contribution < -0.4 is 15.1 Å². The Kier molecular flexibility index (Phi) is 2.26. The van der Waals surface area contributed by atoms with E-state index in [0.717, 1.165) is 11.1 Å². The van der Waals surface area contributed by atoms with Crippen molar-refractivity contribution in [3.05, 3.63) is 41.7 Å². The second kappa shape index (κ2) is 3.80. The van der Waals surface area contributed by atoms with Gasteiger partial charge in [-0.25, -0.2) is 0 Å². The van der Waals surface area contributed by atoms with Crippen LogP contribution in [0, 0.1) is 0 Å². The maximum absolute atomic E-state index is 11.8. The number of tetrazole rings is 1. The van der Waals surface area contributed by atoms with Crippen molar-refractivity contribution in [1.29, 1.82) is 0 Å². The van der Waals surface area contributed by atoms with Crippen molar-refractivity contribution in [2.24, 2.45) is 7.05 Å². The van der Waals surface area contributed by atoms with Gasteiger partial charge in [0.15, 0.2) is 0 Å². The summed E-state index contributed by atoms with van der Waals surface area (Å²) in [5.41, 5.74) is 2.47. The molecule has 5 nitrogen and oxygen atoms in total. The first-order chi connectivity index (χ1) is 8.66. The van der Waals surface area contributed by atoms with Gasteiger partial charge in [0.1, 0.15) is 18.5 Å². The van der Waals surface area contributed by atoms with E-state index in [9.17, 15) is 5.11 Å². The lowest BCUT2D eigenvalue weighted by molar-refractivity contribution is -0.783. The van der Waals surface area contributed by atoms with Crippen molar-refractivity contribution in [3.63, 3.8) is 0 Å². The molecule has 0 atom stereocenters. The quantitative estimate of drug-likeness (QED) is 0.535. The Balaban J connectivity index is 2.41. The molecule has 0 aliphatic rings. The van der Waals surface area contributed by atoms with Gasteiger partial charge in [-0.2, -0.15) is 0 Å². The Hall–Kier alpha value is -2.43. The molecule has 1 aromatic carbocycles. The summed E-state index contributed by atoms with van der Waals surface area (Å²) in [7, 11) is 1.74. The van der Waals surface area contributed by atoms with E-state index in [0.29, 0.717) is 10.9 Å². The molecule has 0 radical (unpaired) electrons. The van der Waals surface area contributed by atoms with Crippen LogP contribution in [0.3, 0.4) is 0 Å². The maximum atomic E-state index is 11.8. The van der Waals surface area contributed by atoms with Gasteiger partial charge in [-0.1, -0.05) is 41.8 Å². The first-order valence-electron chi connectivity index (χ1n) is 5.66. The molecule has 0 saturated carbocycles. The van der Waals surface area contributed by atoms with Crippen LogP contribution in [-0.2, 0) is 7.05 Å². The third-order valence-electron chi connectivity index (χ3n) is 2.86. The van der Waals surface area contributed by atoms with E-state index in [4.69, 9.17) is 0 Å². The largest absolute Gasteiger partial charge is 0.875 e. The minimum Gasteiger partial charge on any atom is -0.875 e. The van der Waals surface area contributed by atoms with Crippen LogP contribution >= 0.6 is 0 Å². The Labute approximate surface area is 104 Å². The Morgan fingerprint density at radius 3 is 2.67 bits per heavy atom. The van der Waals surface area contributed by atoms with Crippen molar-refractivity contribution < 1.29 is 9.90 Å². The predicted molar refractivity (Wildman–Crippen MR) is 63.9 cm³/mol. The zero-order chi connectivity index (χ0) is 12.7. The van der Waals surface area contributed by atoms with E-state index in [1.807, 2.05) is 36.5 Å². The monoisotopic (exact) mass is 240 g/mol. The summed E-state index contributed by atoms with van der Waals surface area (Å²) in [4.78, 5) is 1.45. The summed E-state index contributed by atoms with van der Waals surface area (Å²) in [6.45, 7) is 1.55. The molecule has 0 amide bonds. The predicted octanol–water partition coefficient (Wildman–Crippen LogP) is -0.572. The van der Waals surface area contributed by atoms with Crippen molar-refractivity contribution >= 4 is 11.4 Å². The van der Waals surface area contributed by atoms with Crippen LogP contribution in [0.2, 0.25) is 0 Å². The molecular formula is C13H12N4O. The molecule has 0 aliphatic carbocycles. The van der Waals surface area contributed by atoms with Crippen LogP contribution in [-0.4, -0.2) is 14.8 Å². The van der Waals surface area contributed by atoms with Gasteiger partial charge < -0.3 is 5.11 Å². The molecule has 18 heavy (non-hydrogen) atoms. The second-order valence-corrected chi connectivity index (χ2v) is 4.19. The fraction of sp³-hybridized carbons (Fsp3) is 0.154. The number of aromatic nitrogens is 4. The zero-order valence-corrected chi connectivity index (χ0v) is 10.2. The van der Waals surface area contributed by atoms with Crippen LogP contribution in [0.15, 0.2) is 36.5 Å². The maximum Gasteiger partial charge on any atom is 0.295 e. The summed E-state index contributed by atoms with van der Waals surface area (Å²) in [6, 6.07) is 9.79. The highest BCUT2D eigenvalue weighted by Gasteiger charge is 2.16. The van der Waals surface area contributed by atoms with Crippen LogP contribution in [0.5, 0.6) is 0 Å². The van der Waals surface area contributed by atoms with Gasteiger partial charge in [0.05, 0.1) is 0 Å². The highest BCUT2D eigenvalue weighted by atomic mass is 16.3.